The van der Waals surface area contributed by atoms with E-state index in [1.54, 1.807) is 0 Å². The van der Waals surface area contributed by atoms with Gasteiger partial charge in [-0.2, -0.15) is 0 Å². The molecule has 0 unspecified atom stereocenters. The molecule has 0 amide bonds. The number of hydrogen-bond acceptors (Lipinski definition) is 5. The maximum Gasteiger partial charge on any atom is 0.163 e. The number of rotatable bonds is 5. The summed E-state index contributed by atoms with van der Waals surface area (Å²) in [6.07, 6.45) is 3.41. The van der Waals surface area contributed by atoms with Crippen LogP contribution in [0.25, 0.3) is 0 Å². The molecule has 5 nitrogen and oxygen atoms in total. The zero-order valence-corrected chi connectivity index (χ0v) is 14.3. The summed E-state index contributed by atoms with van der Waals surface area (Å²) in [6, 6.07) is 10.4. The standard InChI is InChI=1S/C19H27NO4/c1-19(2)23-17(18(24-19)16(22)13-21)15-10-6-7-11-20(15)12-14-8-4-3-5-9-14/h3-9,15-18,21-22H,10-13H2,1-2H3/t15-,16+,17-,18+/m0/s1. The van der Waals surface area contributed by atoms with Gasteiger partial charge in [-0.25, -0.2) is 0 Å². The minimum Gasteiger partial charge on any atom is -0.394 e. The lowest BCUT2D eigenvalue weighted by atomic mass is 9.94. The number of aliphatic hydroxyl groups is 2. The van der Waals surface area contributed by atoms with E-state index < -0.39 is 18.0 Å². The Morgan fingerprint density at radius 1 is 1.21 bits per heavy atom. The van der Waals surface area contributed by atoms with Gasteiger partial charge in [0.25, 0.3) is 0 Å². The lowest BCUT2D eigenvalue weighted by Crippen LogP contribution is -2.52. The van der Waals surface area contributed by atoms with Crippen LogP contribution in [0.1, 0.15) is 25.8 Å². The first-order chi connectivity index (χ1) is 11.5. The molecule has 2 heterocycles. The van der Waals surface area contributed by atoms with Gasteiger partial charge in [0, 0.05) is 19.1 Å². The van der Waals surface area contributed by atoms with E-state index in [9.17, 15) is 10.2 Å². The Kier molecular flexibility index (Phi) is 5.37. The highest BCUT2D eigenvalue weighted by atomic mass is 16.8. The van der Waals surface area contributed by atoms with E-state index in [0.717, 1.165) is 19.5 Å². The van der Waals surface area contributed by atoms with Crippen LogP contribution in [-0.4, -0.2) is 58.4 Å². The highest BCUT2D eigenvalue weighted by molar-refractivity contribution is 5.16. The molecule has 0 spiro atoms. The second-order valence-corrected chi connectivity index (χ2v) is 7.00. The van der Waals surface area contributed by atoms with Crippen LogP contribution < -0.4 is 0 Å². The van der Waals surface area contributed by atoms with Gasteiger partial charge in [-0.05, 0) is 25.8 Å². The molecule has 0 aromatic heterocycles. The van der Waals surface area contributed by atoms with Gasteiger partial charge in [0.2, 0.25) is 0 Å². The van der Waals surface area contributed by atoms with Crippen molar-refractivity contribution in [3.8, 4) is 0 Å². The largest absolute Gasteiger partial charge is 0.394 e. The molecule has 1 aromatic rings. The van der Waals surface area contributed by atoms with Crippen LogP contribution in [0.15, 0.2) is 42.5 Å². The Morgan fingerprint density at radius 2 is 1.96 bits per heavy atom. The normalized spacial score (nSPS) is 31.2. The van der Waals surface area contributed by atoms with Crippen LogP contribution >= 0.6 is 0 Å². The molecule has 0 saturated carbocycles. The monoisotopic (exact) mass is 333 g/mol. The lowest BCUT2D eigenvalue weighted by Gasteiger charge is -2.38. The number of benzene rings is 1. The summed E-state index contributed by atoms with van der Waals surface area (Å²) in [4.78, 5) is 2.35. The van der Waals surface area contributed by atoms with E-state index in [4.69, 9.17) is 9.47 Å². The van der Waals surface area contributed by atoms with Crippen molar-refractivity contribution in [1.29, 1.82) is 0 Å². The van der Waals surface area contributed by atoms with E-state index in [-0.39, 0.29) is 18.8 Å². The molecule has 4 atom stereocenters. The molecule has 0 radical (unpaired) electrons. The van der Waals surface area contributed by atoms with Crippen molar-refractivity contribution in [2.75, 3.05) is 13.2 Å². The topological polar surface area (TPSA) is 62.2 Å². The predicted octanol–water partition coefficient (Wildman–Crippen LogP) is 1.69. The minimum absolute atomic E-state index is 0.100. The lowest BCUT2D eigenvalue weighted by molar-refractivity contribution is -0.160. The maximum atomic E-state index is 10.2. The third-order valence-electron chi connectivity index (χ3n) is 4.69. The van der Waals surface area contributed by atoms with E-state index in [1.807, 2.05) is 32.0 Å². The number of aliphatic hydroxyl groups excluding tert-OH is 2. The Balaban J connectivity index is 1.80. The summed E-state index contributed by atoms with van der Waals surface area (Å²) >= 11 is 0. The SMILES string of the molecule is CC1(C)O[C@@H]([C@@H]2CC=CCN2Cc2ccccc2)[C@@H]([C@H](O)CO)O1. The van der Waals surface area contributed by atoms with Crippen molar-refractivity contribution in [2.45, 2.75) is 57.0 Å². The molecule has 2 aliphatic rings. The fourth-order valence-electron chi connectivity index (χ4n) is 3.59. The molecule has 24 heavy (non-hydrogen) atoms. The highest BCUT2D eigenvalue weighted by Crippen LogP contribution is 2.35. The predicted molar refractivity (Wildman–Crippen MR) is 91.3 cm³/mol. The molecule has 132 valence electrons. The van der Waals surface area contributed by atoms with Crippen molar-refractivity contribution in [1.82, 2.24) is 4.90 Å². The summed E-state index contributed by atoms with van der Waals surface area (Å²) in [6.45, 7) is 5.02. The van der Waals surface area contributed by atoms with Crippen LogP contribution in [0.5, 0.6) is 0 Å². The fraction of sp³-hybridized carbons (Fsp3) is 0.579. The summed E-state index contributed by atoms with van der Waals surface area (Å²) < 4.78 is 12.0. The van der Waals surface area contributed by atoms with Gasteiger partial charge in [0.15, 0.2) is 5.79 Å². The summed E-state index contributed by atoms with van der Waals surface area (Å²) in [5.74, 6) is -0.759. The van der Waals surface area contributed by atoms with Gasteiger partial charge in [-0.15, -0.1) is 0 Å². The number of hydrogen-bond donors (Lipinski definition) is 2. The fourth-order valence-corrected chi connectivity index (χ4v) is 3.59. The Labute approximate surface area is 143 Å². The Morgan fingerprint density at radius 3 is 2.67 bits per heavy atom. The van der Waals surface area contributed by atoms with Gasteiger partial charge < -0.3 is 19.7 Å². The first-order valence-electron chi connectivity index (χ1n) is 8.58. The van der Waals surface area contributed by atoms with E-state index in [2.05, 4.69) is 29.2 Å². The molecule has 5 heteroatoms. The summed E-state index contributed by atoms with van der Waals surface area (Å²) in [5.41, 5.74) is 1.25. The van der Waals surface area contributed by atoms with E-state index >= 15 is 0 Å². The molecular formula is C19H27NO4. The minimum atomic E-state index is -0.943. The van der Waals surface area contributed by atoms with Crippen LogP contribution in [0.4, 0.5) is 0 Å². The second kappa shape index (κ2) is 7.33. The van der Waals surface area contributed by atoms with Crippen molar-refractivity contribution < 1.29 is 19.7 Å². The van der Waals surface area contributed by atoms with Gasteiger partial charge in [0.1, 0.15) is 18.3 Å². The molecule has 2 aliphatic heterocycles. The molecule has 1 saturated heterocycles. The van der Waals surface area contributed by atoms with Gasteiger partial charge in [-0.3, -0.25) is 4.90 Å². The van der Waals surface area contributed by atoms with Crippen LogP contribution in [0.3, 0.4) is 0 Å². The third-order valence-corrected chi connectivity index (χ3v) is 4.69. The maximum absolute atomic E-state index is 10.2. The first kappa shape index (κ1) is 17.6. The first-order valence-corrected chi connectivity index (χ1v) is 8.58. The van der Waals surface area contributed by atoms with Gasteiger partial charge in [-0.1, -0.05) is 42.5 Å². The average Bonchev–Trinajstić information content (AvgIpc) is 2.91. The summed E-state index contributed by atoms with van der Waals surface area (Å²) in [5, 5.41) is 19.5. The molecule has 0 aliphatic carbocycles. The zero-order valence-electron chi connectivity index (χ0n) is 14.3. The average molecular weight is 333 g/mol. The number of nitrogens with zero attached hydrogens (tertiary/aromatic N) is 1. The number of ether oxygens (including phenoxy) is 2. The molecular weight excluding hydrogens is 306 g/mol. The van der Waals surface area contributed by atoms with E-state index in [0.29, 0.717) is 0 Å². The summed E-state index contributed by atoms with van der Waals surface area (Å²) in [7, 11) is 0. The Bertz CT molecular complexity index is 560. The van der Waals surface area contributed by atoms with Crippen molar-refractivity contribution in [3.63, 3.8) is 0 Å². The van der Waals surface area contributed by atoms with Crippen molar-refractivity contribution >= 4 is 0 Å². The van der Waals surface area contributed by atoms with E-state index in [1.165, 1.54) is 5.56 Å². The Hall–Kier alpha value is -1.24. The van der Waals surface area contributed by atoms with Crippen molar-refractivity contribution in [2.24, 2.45) is 0 Å². The van der Waals surface area contributed by atoms with Gasteiger partial charge >= 0.3 is 0 Å². The van der Waals surface area contributed by atoms with Crippen LogP contribution in [0.2, 0.25) is 0 Å². The molecule has 0 bridgehead atoms. The zero-order chi connectivity index (χ0) is 17.2. The molecule has 2 N–H and O–H groups in total. The van der Waals surface area contributed by atoms with Crippen LogP contribution in [-0.2, 0) is 16.0 Å². The van der Waals surface area contributed by atoms with Crippen molar-refractivity contribution in [3.05, 3.63) is 48.0 Å². The highest BCUT2D eigenvalue weighted by Gasteiger charge is 2.49. The molecule has 1 aromatic carbocycles. The van der Waals surface area contributed by atoms with Gasteiger partial charge in [0.05, 0.1) is 6.61 Å². The third kappa shape index (κ3) is 3.87. The smallest absolute Gasteiger partial charge is 0.163 e. The molecule has 3 rings (SSSR count). The molecule has 1 fully saturated rings. The quantitative estimate of drug-likeness (QED) is 0.803. The second-order valence-electron chi connectivity index (χ2n) is 7.00. The van der Waals surface area contributed by atoms with Crippen LogP contribution in [0, 0.1) is 0 Å².